The Morgan fingerprint density at radius 1 is 1.00 bits per heavy atom. The van der Waals surface area contributed by atoms with Crippen molar-refractivity contribution in [3.63, 3.8) is 0 Å². The fourth-order valence-corrected chi connectivity index (χ4v) is 4.36. The lowest BCUT2D eigenvalue weighted by Crippen LogP contribution is -2.17. The summed E-state index contributed by atoms with van der Waals surface area (Å²) >= 11 is 0. The molecule has 3 aromatic rings. The Balaban J connectivity index is 1.90. The van der Waals surface area contributed by atoms with Crippen molar-refractivity contribution in [2.24, 2.45) is 0 Å². The number of nitrogens with one attached hydrogen (secondary N) is 2. The summed E-state index contributed by atoms with van der Waals surface area (Å²) in [6, 6.07) is 14.3. The second-order valence-electron chi connectivity index (χ2n) is 6.91. The molecule has 3 rings (SSSR count). The fraction of sp³-hybridized carbons (Fsp3) is 0.136. The van der Waals surface area contributed by atoms with Gasteiger partial charge in [0.05, 0.1) is 29.7 Å². The molecule has 172 valence electrons. The highest BCUT2D eigenvalue weighted by Gasteiger charge is 2.21. The Bertz CT molecular complexity index is 1320. The molecule has 2 N–H and O–H groups in total. The molecule has 0 bridgehead atoms. The number of nitro groups is 1. The SMILES string of the molecule is COc1ccc(NS(=O)(=O)c2cc(C(=O)Nc3cccc([N+](=O)[O-])c3)ccc2C)c(OC)c1. The number of carbonyl (C=O) groups excluding carboxylic acids is 1. The molecule has 0 radical (unpaired) electrons. The molecular formula is C22H21N3O7S. The zero-order valence-electron chi connectivity index (χ0n) is 18.0. The van der Waals surface area contributed by atoms with Gasteiger partial charge in [0.25, 0.3) is 21.6 Å². The van der Waals surface area contributed by atoms with Gasteiger partial charge in [-0.25, -0.2) is 8.42 Å². The highest BCUT2D eigenvalue weighted by atomic mass is 32.2. The summed E-state index contributed by atoms with van der Waals surface area (Å²) in [7, 11) is -1.21. The summed E-state index contributed by atoms with van der Waals surface area (Å²) in [6.07, 6.45) is 0. The number of anilines is 2. The van der Waals surface area contributed by atoms with Crippen molar-refractivity contribution in [2.45, 2.75) is 11.8 Å². The lowest BCUT2D eigenvalue weighted by Gasteiger charge is -2.15. The van der Waals surface area contributed by atoms with Crippen LogP contribution < -0.4 is 19.5 Å². The van der Waals surface area contributed by atoms with E-state index in [0.29, 0.717) is 11.3 Å². The summed E-state index contributed by atoms with van der Waals surface area (Å²) in [5, 5.41) is 13.5. The van der Waals surface area contributed by atoms with E-state index in [1.165, 1.54) is 68.8 Å². The first-order chi connectivity index (χ1) is 15.6. The summed E-state index contributed by atoms with van der Waals surface area (Å²) in [5.41, 5.74) is 0.707. The van der Waals surface area contributed by atoms with E-state index < -0.39 is 20.9 Å². The van der Waals surface area contributed by atoms with Gasteiger partial charge in [-0.2, -0.15) is 0 Å². The van der Waals surface area contributed by atoms with Gasteiger partial charge < -0.3 is 14.8 Å². The molecule has 0 saturated heterocycles. The Labute approximate surface area is 190 Å². The maximum Gasteiger partial charge on any atom is 0.271 e. The number of non-ortho nitro benzene ring substituents is 1. The number of ether oxygens (including phenoxy) is 2. The predicted molar refractivity (Wildman–Crippen MR) is 123 cm³/mol. The number of methoxy groups -OCH3 is 2. The molecule has 10 nitrogen and oxygen atoms in total. The standard InChI is InChI=1S/C22H21N3O7S/c1-14-7-8-15(22(26)23-16-5-4-6-17(12-16)25(27)28)11-21(14)33(29,30)24-19-10-9-18(31-2)13-20(19)32-3/h4-13,24H,1-3H3,(H,23,26). The van der Waals surface area contributed by atoms with Crippen LogP contribution in [0.25, 0.3) is 0 Å². The molecule has 0 saturated carbocycles. The average molecular weight is 471 g/mol. The first-order valence-corrected chi connectivity index (χ1v) is 11.0. The number of rotatable bonds is 8. The average Bonchev–Trinajstić information content (AvgIpc) is 2.79. The molecule has 33 heavy (non-hydrogen) atoms. The van der Waals surface area contributed by atoms with E-state index in [2.05, 4.69) is 10.0 Å². The maximum absolute atomic E-state index is 13.1. The van der Waals surface area contributed by atoms with E-state index in [9.17, 15) is 23.3 Å². The quantitative estimate of drug-likeness (QED) is 0.374. The van der Waals surface area contributed by atoms with Crippen molar-refractivity contribution in [1.82, 2.24) is 0 Å². The van der Waals surface area contributed by atoms with E-state index in [4.69, 9.17) is 9.47 Å². The van der Waals surface area contributed by atoms with Crippen LogP contribution in [0.4, 0.5) is 17.1 Å². The summed E-state index contributed by atoms with van der Waals surface area (Å²) in [5.74, 6) is 0.134. The van der Waals surface area contributed by atoms with E-state index >= 15 is 0 Å². The first-order valence-electron chi connectivity index (χ1n) is 9.56. The van der Waals surface area contributed by atoms with Crippen molar-refractivity contribution in [3.8, 4) is 11.5 Å². The minimum absolute atomic E-state index is 0.0641. The molecule has 0 atom stereocenters. The molecule has 0 spiro atoms. The van der Waals surface area contributed by atoms with Crippen LogP contribution in [0.2, 0.25) is 0 Å². The first kappa shape index (κ1) is 23.5. The van der Waals surface area contributed by atoms with Crippen LogP contribution >= 0.6 is 0 Å². The Morgan fingerprint density at radius 2 is 1.76 bits per heavy atom. The van der Waals surface area contributed by atoms with Crippen LogP contribution in [-0.4, -0.2) is 33.5 Å². The molecule has 0 aliphatic heterocycles. The highest BCUT2D eigenvalue weighted by molar-refractivity contribution is 7.92. The van der Waals surface area contributed by atoms with Crippen molar-refractivity contribution in [1.29, 1.82) is 0 Å². The molecule has 0 aromatic heterocycles. The monoisotopic (exact) mass is 471 g/mol. The number of carbonyl (C=O) groups is 1. The third-order valence-electron chi connectivity index (χ3n) is 4.71. The molecule has 3 aromatic carbocycles. The van der Waals surface area contributed by atoms with Gasteiger partial charge in [-0.3, -0.25) is 19.6 Å². The fourth-order valence-electron chi connectivity index (χ4n) is 3.01. The number of hydrogen-bond acceptors (Lipinski definition) is 7. The van der Waals surface area contributed by atoms with Gasteiger partial charge in [0.2, 0.25) is 0 Å². The van der Waals surface area contributed by atoms with Gasteiger partial charge in [-0.15, -0.1) is 0 Å². The lowest BCUT2D eigenvalue weighted by molar-refractivity contribution is -0.384. The topological polar surface area (TPSA) is 137 Å². The Kier molecular flexibility index (Phi) is 6.83. The summed E-state index contributed by atoms with van der Waals surface area (Å²) in [6.45, 7) is 1.60. The van der Waals surface area contributed by atoms with Gasteiger partial charge in [0, 0.05) is 29.4 Å². The van der Waals surface area contributed by atoms with E-state index in [-0.39, 0.29) is 33.3 Å². The minimum atomic E-state index is -4.08. The zero-order chi connectivity index (χ0) is 24.2. The molecule has 0 unspecified atom stereocenters. The van der Waals surface area contributed by atoms with Crippen LogP contribution in [0.5, 0.6) is 11.5 Å². The second kappa shape index (κ2) is 9.57. The second-order valence-corrected chi connectivity index (χ2v) is 8.56. The van der Waals surface area contributed by atoms with Gasteiger partial charge in [0.1, 0.15) is 11.5 Å². The summed E-state index contributed by atoms with van der Waals surface area (Å²) in [4.78, 5) is 22.9. The minimum Gasteiger partial charge on any atom is -0.497 e. The third kappa shape index (κ3) is 5.39. The lowest BCUT2D eigenvalue weighted by atomic mass is 10.1. The van der Waals surface area contributed by atoms with Crippen LogP contribution in [0, 0.1) is 17.0 Å². The largest absolute Gasteiger partial charge is 0.497 e. The number of amides is 1. The molecule has 0 aliphatic rings. The number of hydrogen-bond donors (Lipinski definition) is 2. The highest BCUT2D eigenvalue weighted by Crippen LogP contribution is 2.31. The molecular weight excluding hydrogens is 450 g/mol. The smallest absolute Gasteiger partial charge is 0.271 e. The van der Waals surface area contributed by atoms with Crippen molar-refractivity contribution >= 4 is 33.0 Å². The predicted octanol–water partition coefficient (Wildman–Crippen LogP) is 3.97. The zero-order valence-corrected chi connectivity index (χ0v) is 18.8. The molecule has 11 heteroatoms. The van der Waals surface area contributed by atoms with Gasteiger partial charge in [0.15, 0.2) is 0 Å². The van der Waals surface area contributed by atoms with Gasteiger partial charge in [-0.1, -0.05) is 12.1 Å². The third-order valence-corrected chi connectivity index (χ3v) is 6.22. The number of benzene rings is 3. The molecule has 0 aliphatic carbocycles. The maximum atomic E-state index is 13.1. The van der Waals surface area contributed by atoms with Crippen LogP contribution in [0.15, 0.2) is 65.6 Å². The van der Waals surface area contributed by atoms with Crippen molar-refractivity contribution in [2.75, 3.05) is 24.3 Å². The van der Waals surface area contributed by atoms with Gasteiger partial charge >= 0.3 is 0 Å². The Morgan fingerprint density at radius 3 is 2.42 bits per heavy atom. The van der Waals surface area contributed by atoms with Crippen LogP contribution in [-0.2, 0) is 10.0 Å². The number of nitrogens with zero attached hydrogens (tertiary/aromatic N) is 1. The van der Waals surface area contributed by atoms with E-state index in [0.717, 1.165) is 0 Å². The van der Waals surface area contributed by atoms with Crippen LogP contribution in [0.1, 0.15) is 15.9 Å². The van der Waals surface area contributed by atoms with E-state index in [1.807, 2.05) is 0 Å². The number of aryl methyl sites for hydroxylation is 1. The normalized spacial score (nSPS) is 10.9. The van der Waals surface area contributed by atoms with Crippen LogP contribution in [0.3, 0.4) is 0 Å². The molecule has 0 fully saturated rings. The number of sulfonamides is 1. The molecule has 1 amide bonds. The number of nitro benzene ring substituents is 1. The summed E-state index contributed by atoms with van der Waals surface area (Å²) < 4.78 is 39.0. The van der Waals surface area contributed by atoms with E-state index in [1.54, 1.807) is 13.0 Å². The van der Waals surface area contributed by atoms with Crippen molar-refractivity contribution < 1.29 is 27.6 Å². The molecule has 0 heterocycles. The van der Waals surface area contributed by atoms with Gasteiger partial charge in [-0.05, 0) is 42.8 Å². The van der Waals surface area contributed by atoms with Crippen molar-refractivity contribution in [3.05, 3.63) is 81.9 Å². The Hall–Kier alpha value is -4.12.